The summed E-state index contributed by atoms with van der Waals surface area (Å²) in [5.74, 6) is 0.352. The van der Waals surface area contributed by atoms with E-state index in [0.29, 0.717) is 17.2 Å². The van der Waals surface area contributed by atoms with Crippen LogP contribution in [-0.4, -0.2) is 12.1 Å². The summed E-state index contributed by atoms with van der Waals surface area (Å²) >= 11 is 11.8. The van der Waals surface area contributed by atoms with E-state index in [9.17, 15) is 4.79 Å². The van der Waals surface area contributed by atoms with Crippen molar-refractivity contribution in [3.05, 3.63) is 99.0 Å². The summed E-state index contributed by atoms with van der Waals surface area (Å²) in [7, 11) is 0. The minimum absolute atomic E-state index is 0.273. The molecule has 0 unspecified atom stereocenters. The predicted molar refractivity (Wildman–Crippen MR) is 113 cm³/mol. The minimum Gasteiger partial charge on any atom is -0.489 e. The predicted octanol–water partition coefficient (Wildman–Crippen LogP) is 5.64. The van der Waals surface area contributed by atoms with Crippen LogP contribution in [0.3, 0.4) is 0 Å². The molecule has 0 aliphatic carbocycles. The van der Waals surface area contributed by atoms with Crippen LogP contribution in [0.1, 0.15) is 27.0 Å². The third-order valence-electron chi connectivity index (χ3n) is 3.96. The molecule has 0 fully saturated rings. The molecule has 0 aliphatic heterocycles. The highest BCUT2D eigenvalue weighted by Gasteiger charge is 2.09. The third kappa shape index (κ3) is 5.59. The fourth-order valence-electron chi connectivity index (χ4n) is 2.40. The maximum Gasteiger partial charge on any atom is 0.272 e. The number of halogens is 2. The maximum absolute atomic E-state index is 12.1. The van der Waals surface area contributed by atoms with E-state index in [1.807, 2.05) is 36.4 Å². The van der Waals surface area contributed by atoms with E-state index in [2.05, 4.69) is 29.6 Å². The van der Waals surface area contributed by atoms with Crippen molar-refractivity contribution < 1.29 is 9.53 Å². The van der Waals surface area contributed by atoms with Crippen molar-refractivity contribution in [1.82, 2.24) is 5.43 Å². The highest BCUT2D eigenvalue weighted by Crippen LogP contribution is 2.20. The molecule has 3 aromatic carbocycles. The summed E-state index contributed by atoms with van der Waals surface area (Å²) in [4.78, 5) is 12.1. The van der Waals surface area contributed by atoms with Gasteiger partial charge in [0.1, 0.15) is 12.4 Å². The van der Waals surface area contributed by atoms with Crippen LogP contribution in [0.5, 0.6) is 5.75 Å². The van der Waals surface area contributed by atoms with E-state index in [1.54, 1.807) is 18.3 Å². The normalized spacial score (nSPS) is 10.8. The largest absolute Gasteiger partial charge is 0.489 e. The van der Waals surface area contributed by atoms with E-state index < -0.39 is 5.91 Å². The van der Waals surface area contributed by atoms with Crippen LogP contribution in [-0.2, 0) is 6.61 Å². The molecule has 142 valence electrons. The number of amides is 1. The zero-order chi connectivity index (χ0) is 19.9. The van der Waals surface area contributed by atoms with Crippen molar-refractivity contribution in [3.63, 3.8) is 0 Å². The van der Waals surface area contributed by atoms with Crippen LogP contribution in [0.2, 0.25) is 10.0 Å². The van der Waals surface area contributed by atoms with Crippen molar-refractivity contribution in [2.75, 3.05) is 0 Å². The van der Waals surface area contributed by atoms with E-state index in [-0.39, 0.29) is 5.02 Å². The Balaban J connectivity index is 1.53. The van der Waals surface area contributed by atoms with Gasteiger partial charge >= 0.3 is 0 Å². The molecule has 4 nitrogen and oxygen atoms in total. The SMILES string of the molecule is Cc1ccc(COc2ccc(/C=N\NC(=O)c3ccc(Cl)cc3Cl)cc2)cc1. The molecule has 3 aromatic rings. The van der Waals surface area contributed by atoms with E-state index in [1.165, 1.54) is 11.6 Å². The zero-order valence-corrected chi connectivity index (χ0v) is 16.7. The number of hydrogen-bond donors (Lipinski definition) is 1. The molecule has 0 radical (unpaired) electrons. The molecule has 3 rings (SSSR count). The van der Waals surface area contributed by atoms with Crippen LogP contribution < -0.4 is 10.2 Å². The van der Waals surface area contributed by atoms with E-state index >= 15 is 0 Å². The minimum atomic E-state index is -0.407. The van der Waals surface area contributed by atoms with Gasteiger partial charge in [-0.05, 0) is 60.5 Å². The fourth-order valence-corrected chi connectivity index (χ4v) is 2.89. The smallest absolute Gasteiger partial charge is 0.272 e. The zero-order valence-electron chi connectivity index (χ0n) is 15.2. The lowest BCUT2D eigenvalue weighted by Crippen LogP contribution is -2.18. The van der Waals surface area contributed by atoms with Crippen LogP contribution >= 0.6 is 23.2 Å². The average molecular weight is 413 g/mol. The molecule has 0 atom stereocenters. The lowest BCUT2D eigenvalue weighted by Gasteiger charge is -2.07. The second-order valence-electron chi connectivity index (χ2n) is 6.17. The van der Waals surface area contributed by atoms with Crippen molar-refractivity contribution in [2.45, 2.75) is 13.5 Å². The Labute approximate surface area is 173 Å². The highest BCUT2D eigenvalue weighted by atomic mass is 35.5. The van der Waals surface area contributed by atoms with Crippen molar-refractivity contribution >= 4 is 35.3 Å². The Morgan fingerprint density at radius 1 is 1.04 bits per heavy atom. The molecule has 0 aliphatic rings. The fraction of sp³-hybridized carbons (Fsp3) is 0.0909. The molecular weight excluding hydrogens is 395 g/mol. The monoisotopic (exact) mass is 412 g/mol. The van der Waals surface area contributed by atoms with Gasteiger partial charge < -0.3 is 4.74 Å². The number of hydrazone groups is 1. The lowest BCUT2D eigenvalue weighted by molar-refractivity contribution is 0.0955. The van der Waals surface area contributed by atoms with E-state index in [0.717, 1.165) is 16.9 Å². The number of carbonyl (C=O) groups excluding carboxylic acids is 1. The molecule has 28 heavy (non-hydrogen) atoms. The first kappa shape index (κ1) is 19.9. The van der Waals surface area contributed by atoms with Gasteiger partial charge in [-0.1, -0.05) is 53.0 Å². The number of hydrogen-bond acceptors (Lipinski definition) is 3. The Bertz CT molecular complexity index is 984. The third-order valence-corrected chi connectivity index (χ3v) is 4.51. The van der Waals surface area contributed by atoms with E-state index in [4.69, 9.17) is 27.9 Å². The van der Waals surface area contributed by atoms with Gasteiger partial charge in [0.25, 0.3) is 5.91 Å². The quantitative estimate of drug-likeness (QED) is 0.420. The Morgan fingerprint density at radius 3 is 2.43 bits per heavy atom. The van der Waals surface area contributed by atoms with Crippen LogP contribution in [0, 0.1) is 6.92 Å². The van der Waals surface area contributed by atoms with Crippen molar-refractivity contribution in [2.24, 2.45) is 5.10 Å². The number of benzene rings is 3. The van der Waals surface area contributed by atoms with Crippen LogP contribution in [0.4, 0.5) is 0 Å². The first-order chi connectivity index (χ1) is 13.5. The lowest BCUT2D eigenvalue weighted by atomic mass is 10.2. The molecule has 1 N–H and O–H groups in total. The van der Waals surface area contributed by atoms with Crippen LogP contribution in [0.25, 0.3) is 0 Å². The highest BCUT2D eigenvalue weighted by molar-refractivity contribution is 6.36. The number of carbonyl (C=O) groups is 1. The molecule has 0 spiro atoms. The summed E-state index contributed by atoms with van der Waals surface area (Å²) in [6.45, 7) is 2.56. The second-order valence-corrected chi connectivity index (χ2v) is 7.01. The number of nitrogens with one attached hydrogen (secondary N) is 1. The molecule has 6 heteroatoms. The Hall–Kier alpha value is -2.82. The van der Waals surface area contributed by atoms with Gasteiger partial charge in [-0.15, -0.1) is 0 Å². The molecule has 1 amide bonds. The molecule has 0 saturated carbocycles. The van der Waals surface area contributed by atoms with Crippen molar-refractivity contribution in [1.29, 1.82) is 0 Å². The molecule has 0 saturated heterocycles. The average Bonchev–Trinajstić information content (AvgIpc) is 2.68. The maximum atomic E-state index is 12.1. The van der Waals surface area contributed by atoms with Gasteiger partial charge in [-0.25, -0.2) is 5.43 Å². The first-order valence-corrected chi connectivity index (χ1v) is 9.34. The number of rotatable bonds is 6. The summed E-state index contributed by atoms with van der Waals surface area (Å²) < 4.78 is 5.77. The van der Waals surface area contributed by atoms with Crippen molar-refractivity contribution in [3.8, 4) is 5.75 Å². The number of nitrogens with zero attached hydrogens (tertiary/aromatic N) is 1. The van der Waals surface area contributed by atoms with Gasteiger partial charge in [0, 0.05) is 5.02 Å². The summed E-state index contributed by atoms with van der Waals surface area (Å²) in [5.41, 5.74) is 5.91. The molecular formula is C22H18Cl2N2O2. The second kappa shape index (κ2) is 9.40. The summed E-state index contributed by atoms with van der Waals surface area (Å²) in [6, 6.07) is 20.3. The summed E-state index contributed by atoms with van der Waals surface area (Å²) in [5, 5.41) is 4.70. The van der Waals surface area contributed by atoms with Gasteiger partial charge in [0.15, 0.2) is 0 Å². The molecule has 0 bridgehead atoms. The number of ether oxygens (including phenoxy) is 1. The molecule has 0 heterocycles. The van der Waals surface area contributed by atoms with Gasteiger partial charge in [0.2, 0.25) is 0 Å². The Kier molecular flexibility index (Phi) is 6.69. The first-order valence-electron chi connectivity index (χ1n) is 8.58. The number of aryl methyl sites for hydroxylation is 1. The summed E-state index contributed by atoms with van der Waals surface area (Å²) in [6.07, 6.45) is 1.55. The van der Waals surface area contributed by atoms with Crippen LogP contribution in [0.15, 0.2) is 71.8 Å². The topological polar surface area (TPSA) is 50.7 Å². The standard InChI is InChI=1S/C22H18Cl2N2O2/c1-15-2-4-17(5-3-15)14-28-19-9-6-16(7-10-19)13-25-26-22(27)20-11-8-18(23)12-21(20)24/h2-13H,14H2,1H3,(H,26,27)/b25-13-. The van der Waals surface area contributed by atoms with Gasteiger partial charge in [-0.3, -0.25) is 4.79 Å². The van der Waals surface area contributed by atoms with Gasteiger partial charge in [0.05, 0.1) is 16.8 Å². The van der Waals surface area contributed by atoms with Gasteiger partial charge in [-0.2, -0.15) is 5.10 Å². The Morgan fingerprint density at radius 2 is 1.75 bits per heavy atom. The molecule has 0 aromatic heterocycles.